The van der Waals surface area contributed by atoms with Crippen LogP contribution in [0.15, 0.2) is 24.3 Å². The van der Waals surface area contributed by atoms with Crippen LogP contribution in [-0.4, -0.2) is 0 Å². The SMILES string of the molecule is C#CC(C)c1ccc(CCCCC)cc1. The summed E-state index contributed by atoms with van der Waals surface area (Å²) in [6.07, 6.45) is 10.5. The quantitative estimate of drug-likeness (QED) is 0.494. The van der Waals surface area contributed by atoms with Crippen molar-refractivity contribution in [1.29, 1.82) is 0 Å². The van der Waals surface area contributed by atoms with Crippen LogP contribution >= 0.6 is 0 Å². The molecule has 15 heavy (non-hydrogen) atoms. The maximum absolute atomic E-state index is 5.39. The van der Waals surface area contributed by atoms with Crippen LogP contribution in [0.5, 0.6) is 0 Å². The Hall–Kier alpha value is -1.22. The Morgan fingerprint density at radius 2 is 1.87 bits per heavy atom. The number of hydrogen-bond donors (Lipinski definition) is 0. The normalized spacial score (nSPS) is 12.1. The lowest BCUT2D eigenvalue weighted by atomic mass is 9.99. The van der Waals surface area contributed by atoms with E-state index in [2.05, 4.69) is 44.0 Å². The summed E-state index contributed by atoms with van der Waals surface area (Å²) in [6.45, 7) is 4.30. The van der Waals surface area contributed by atoms with E-state index in [0.717, 1.165) is 0 Å². The first-order valence-corrected chi connectivity index (χ1v) is 5.83. The van der Waals surface area contributed by atoms with E-state index in [0.29, 0.717) is 0 Å². The highest BCUT2D eigenvalue weighted by molar-refractivity contribution is 5.29. The van der Waals surface area contributed by atoms with Gasteiger partial charge in [0.25, 0.3) is 0 Å². The predicted molar refractivity (Wildman–Crippen MR) is 66.9 cm³/mol. The fourth-order valence-electron chi connectivity index (χ4n) is 1.65. The Kier molecular flexibility index (Phi) is 4.98. The lowest BCUT2D eigenvalue weighted by Crippen LogP contribution is -1.91. The molecule has 0 heteroatoms. The first kappa shape index (κ1) is 11.9. The van der Waals surface area contributed by atoms with E-state index in [1.807, 2.05) is 0 Å². The van der Waals surface area contributed by atoms with Gasteiger partial charge in [-0.05, 0) is 30.9 Å². The second kappa shape index (κ2) is 6.30. The van der Waals surface area contributed by atoms with Crippen LogP contribution in [0.4, 0.5) is 0 Å². The second-order valence-electron chi connectivity index (χ2n) is 4.09. The van der Waals surface area contributed by atoms with Crippen molar-refractivity contribution in [2.24, 2.45) is 0 Å². The van der Waals surface area contributed by atoms with Gasteiger partial charge in [0.1, 0.15) is 0 Å². The molecular weight excluding hydrogens is 180 g/mol. The zero-order chi connectivity index (χ0) is 11.1. The molecule has 1 unspecified atom stereocenters. The molecule has 0 saturated heterocycles. The van der Waals surface area contributed by atoms with Crippen molar-refractivity contribution < 1.29 is 0 Å². The maximum Gasteiger partial charge on any atom is 0.0421 e. The zero-order valence-corrected chi connectivity index (χ0v) is 9.79. The molecule has 0 amide bonds. The standard InChI is InChI=1S/C15H20/c1-4-6-7-8-14-9-11-15(12-10-14)13(3)5-2/h2,9-13H,4,6-8H2,1,3H3. The highest BCUT2D eigenvalue weighted by Gasteiger charge is 2.00. The molecule has 0 heterocycles. The van der Waals surface area contributed by atoms with E-state index in [-0.39, 0.29) is 5.92 Å². The van der Waals surface area contributed by atoms with E-state index in [1.54, 1.807) is 0 Å². The van der Waals surface area contributed by atoms with E-state index in [1.165, 1.54) is 36.8 Å². The largest absolute Gasteiger partial charge is 0.119 e. The van der Waals surface area contributed by atoms with Gasteiger partial charge >= 0.3 is 0 Å². The molecule has 1 atom stereocenters. The monoisotopic (exact) mass is 200 g/mol. The van der Waals surface area contributed by atoms with Crippen LogP contribution in [0.3, 0.4) is 0 Å². The molecule has 0 fully saturated rings. The van der Waals surface area contributed by atoms with Crippen molar-refractivity contribution in [2.45, 2.75) is 45.4 Å². The first-order chi connectivity index (χ1) is 7.27. The summed E-state index contributed by atoms with van der Waals surface area (Å²) in [6, 6.07) is 8.73. The van der Waals surface area contributed by atoms with Gasteiger partial charge in [-0.2, -0.15) is 0 Å². The van der Waals surface area contributed by atoms with Crippen LogP contribution in [0.25, 0.3) is 0 Å². The molecule has 0 aliphatic carbocycles. The summed E-state index contributed by atoms with van der Waals surface area (Å²) >= 11 is 0. The molecule has 1 aromatic rings. The Labute approximate surface area is 93.7 Å². The molecule has 1 rings (SSSR count). The van der Waals surface area contributed by atoms with Gasteiger partial charge in [-0.1, -0.05) is 50.0 Å². The summed E-state index contributed by atoms with van der Waals surface area (Å²) in [4.78, 5) is 0. The first-order valence-electron chi connectivity index (χ1n) is 5.83. The number of hydrogen-bond acceptors (Lipinski definition) is 0. The van der Waals surface area contributed by atoms with Crippen LogP contribution in [0.2, 0.25) is 0 Å². The fourth-order valence-corrected chi connectivity index (χ4v) is 1.65. The lowest BCUT2D eigenvalue weighted by Gasteiger charge is -2.06. The fraction of sp³-hybridized carbons (Fsp3) is 0.467. The summed E-state index contributed by atoms with van der Waals surface area (Å²) in [5, 5.41) is 0. The molecule has 80 valence electrons. The molecule has 0 aromatic heterocycles. The molecule has 0 aliphatic heterocycles. The van der Waals surface area contributed by atoms with Crippen LogP contribution in [-0.2, 0) is 6.42 Å². The Balaban J connectivity index is 2.53. The average molecular weight is 200 g/mol. The molecule has 0 bridgehead atoms. The summed E-state index contributed by atoms with van der Waals surface area (Å²) in [7, 11) is 0. The van der Waals surface area contributed by atoms with Crippen molar-refractivity contribution >= 4 is 0 Å². The number of terminal acetylenes is 1. The smallest absolute Gasteiger partial charge is 0.0421 e. The molecule has 0 radical (unpaired) electrons. The lowest BCUT2D eigenvalue weighted by molar-refractivity contribution is 0.717. The van der Waals surface area contributed by atoms with Crippen LogP contribution < -0.4 is 0 Å². The number of rotatable bonds is 5. The number of benzene rings is 1. The van der Waals surface area contributed by atoms with Gasteiger partial charge in [0.2, 0.25) is 0 Å². The molecule has 1 aromatic carbocycles. The predicted octanol–water partition coefficient (Wildman–Crippen LogP) is 4.16. The minimum atomic E-state index is 0.231. The van der Waals surface area contributed by atoms with Gasteiger partial charge in [0.05, 0.1) is 0 Å². The van der Waals surface area contributed by atoms with Gasteiger partial charge in [0, 0.05) is 5.92 Å². The van der Waals surface area contributed by atoms with Crippen molar-refractivity contribution in [1.82, 2.24) is 0 Å². The van der Waals surface area contributed by atoms with E-state index in [4.69, 9.17) is 6.42 Å². The molecule has 0 N–H and O–H groups in total. The van der Waals surface area contributed by atoms with Crippen molar-refractivity contribution in [3.8, 4) is 12.3 Å². The minimum absolute atomic E-state index is 0.231. The van der Waals surface area contributed by atoms with Crippen molar-refractivity contribution in [2.75, 3.05) is 0 Å². The average Bonchev–Trinajstić information content (AvgIpc) is 2.29. The third kappa shape index (κ3) is 3.80. The number of unbranched alkanes of at least 4 members (excludes halogenated alkanes) is 2. The van der Waals surface area contributed by atoms with Gasteiger partial charge in [-0.15, -0.1) is 6.42 Å². The zero-order valence-electron chi connectivity index (χ0n) is 9.79. The second-order valence-corrected chi connectivity index (χ2v) is 4.09. The van der Waals surface area contributed by atoms with Gasteiger partial charge < -0.3 is 0 Å². The molecule has 0 spiro atoms. The van der Waals surface area contributed by atoms with Crippen LogP contribution in [0.1, 0.15) is 50.2 Å². The molecular formula is C15H20. The van der Waals surface area contributed by atoms with Gasteiger partial charge in [-0.25, -0.2) is 0 Å². The highest BCUT2D eigenvalue weighted by Crippen LogP contribution is 2.15. The summed E-state index contributed by atoms with van der Waals surface area (Å²) in [5.41, 5.74) is 2.67. The molecule has 0 saturated carbocycles. The Morgan fingerprint density at radius 3 is 2.40 bits per heavy atom. The Bertz CT molecular complexity index is 313. The maximum atomic E-state index is 5.39. The molecule has 0 aliphatic rings. The van der Waals surface area contributed by atoms with Crippen molar-refractivity contribution in [3.05, 3.63) is 35.4 Å². The third-order valence-electron chi connectivity index (χ3n) is 2.80. The van der Waals surface area contributed by atoms with E-state index in [9.17, 15) is 0 Å². The summed E-state index contributed by atoms with van der Waals surface area (Å²) < 4.78 is 0. The van der Waals surface area contributed by atoms with Gasteiger partial charge in [0.15, 0.2) is 0 Å². The van der Waals surface area contributed by atoms with E-state index < -0.39 is 0 Å². The Morgan fingerprint density at radius 1 is 1.20 bits per heavy atom. The van der Waals surface area contributed by atoms with Crippen LogP contribution in [0, 0.1) is 12.3 Å². The van der Waals surface area contributed by atoms with Crippen molar-refractivity contribution in [3.63, 3.8) is 0 Å². The highest BCUT2D eigenvalue weighted by atomic mass is 14.0. The van der Waals surface area contributed by atoms with Gasteiger partial charge in [-0.3, -0.25) is 0 Å². The molecule has 0 nitrogen and oxygen atoms in total. The van der Waals surface area contributed by atoms with E-state index >= 15 is 0 Å². The number of aryl methyl sites for hydroxylation is 1. The minimum Gasteiger partial charge on any atom is -0.119 e. The third-order valence-corrected chi connectivity index (χ3v) is 2.80. The summed E-state index contributed by atoms with van der Waals surface area (Å²) in [5.74, 6) is 2.98. The topological polar surface area (TPSA) is 0 Å².